The number of carbonyl (C=O) groups excluding carboxylic acids is 2. The molecule has 0 saturated carbocycles. The minimum Gasteiger partial charge on any atom is -0.348 e. The predicted octanol–water partition coefficient (Wildman–Crippen LogP) is 2.07. The molecule has 24 heavy (non-hydrogen) atoms. The largest absolute Gasteiger partial charge is 0.348 e. The predicted molar refractivity (Wildman–Crippen MR) is 90.6 cm³/mol. The lowest BCUT2D eigenvalue weighted by Crippen LogP contribution is -2.31. The number of fused-ring (bicyclic) bond motifs is 1. The van der Waals surface area contributed by atoms with Crippen LogP contribution in [0, 0.1) is 0 Å². The molecule has 0 radical (unpaired) electrons. The van der Waals surface area contributed by atoms with E-state index in [1.165, 1.54) is 0 Å². The first-order chi connectivity index (χ1) is 11.5. The van der Waals surface area contributed by atoms with E-state index in [9.17, 15) is 9.59 Å². The summed E-state index contributed by atoms with van der Waals surface area (Å²) in [5.41, 5.74) is 1.88. The van der Waals surface area contributed by atoms with E-state index in [4.69, 9.17) is 0 Å². The van der Waals surface area contributed by atoms with Crippen LogP contribution in [0.25, 0.3) is 0 Å². The number of amides is 2. The highest BCUT2D eigenvalue weighted by molar-refractivity contribution is 5.98. The van der Waals surface area contributed by atoms with Gasteiger partial charge in [-0.2, -0.15) is 5.10 Å². The number of aromatic nitrogens is 2. The van der Waals surface area contributed by atoms with Gasteiger partial charge in [-0.05, 0) is 25.8 Å². The summed E-state index contributed by atoms with van der Waals surface area (Å²) in [4.78, 5) is 26.8. The van der Waals surface area contributed by atoms with Crippen LogP contribution in [-0.4, -0.2) is 39.1 Å². The van der Waals surface area contributed by atoms with Crippen molar-refractivity contribution in [2.45, 2.75) is 39.4 Å². The Morgan fingerprint density at radius 3 is 2.71 bits per heavy atom. The van der Waals surface area contributed by atoms with Crippen molar-refractivity contribution in [3.63, 3.8) is 0 Å². The summed E-state index contributed by atoms with van der Waals surface area (Å²) >= 11 is 0. The first kappa shape index (κ1) is 16.2. The van der Waals surface area contributed by atoms with E-state index in [0.717, 1.165) is 12.0 Å². The third-order valence-corrected chi connectivity index (χ3v) is 3.95. The molecule has 3 rings (SSSR count). The molecular formula is C18H22N4O2. The molecule has 0 atom stereocenters. The van der Waals surface area contributed by atoms with Crippen molar-refractivity contribution < 1.29 is 9.59 Å². The first-order valence-electron chi connectivity index (χ1n) is 8.26. The van der Waals surface area contributed by atoms with Crippen molar-refractivity contribution >= 4 is 11.8 Å². The van der Waals surface area contributed by atoms with Gasteiger partial charge >= 0.3 is 0 Å². The van der Waals surface area contributed by atoms with E-state index < -0.39 is 0 Å². The van der Waals surface area contributed by atoms with E-state index in [-0.39, 0.29) is 17.9 Å². The average Bonchev–Trinajstić information content (AvgIpc) is 2.92. The number of nitrogens with one attached hydrogen (secondary N) is 1. The summed E-state index contributed by atoms with van der Waals surface area (Å²) < 4.78 is 1.66. The van der Waals surface area contributed by atoms with Gasteiger partial charge in [-0.25, -0.2) is 0 Å². The first-order valence-corrected chi connectivity index (χ1v) is 8.26. The SMILES string of the molecule is CC(C)NC(=O)c1cc2n(n1)CCCN(Cc1ccccc1)C2=O. The van der Waals surface area contributed by atoms with E-state index in [1.807, 2.05) is 49.1 Å². The summed E-state index contributed by atoms with van der Waals surface area (Å²) in [7, 11) is 0. The Kier molecular flexibility index (Phi) is 4.64. The molecule has 1 aromatic carbocycles. The van der Waals surface area contributed by atoms with Gasteiger partial charge < -0.3 is 10.2 Å². The normalized spacial score (nSPS) is 14.5. The minimum absolute atomic E-state index is 0.0317. The topological polar surface area (TPSA) is 67.2 Å². The fraction of sp³-hybridized carbons (Fsp3) is 0.389. The van der Waals surface area contributed by atoms with Crippen LogP contribution in [0.4, 0.5) is 0 Å². The molecule has 0 unspecified atom stereocenters. The molecule has 1 N–H and O–H groups in total. The number of aryl methyl sites for hydroxylation is 1. The lowest BCUT2D eigenvalue weighted by molar-refractivity contribution is 0.0745. The molecule has 0 bridgehead atoms. The van der Waals surface area contributed by atoms with Crippen LogP contribution in [-0.2, 0) is 13.1 Å². The van der Waals surface area contributed by atoms with Gasteiger partial charge in [-0.3, -0.25) is 14.3 Å². The number of rotatable bonds is 4. The van der Waals surface area contributed by atoms with Crippen molar-refractivity contribution in [2.24, 2.45) is 0 Å². The second-order valence-electron chi connectivity index (χ2n) is 6.33. The zero-order valence-electron chi connectivity index (χ0n) is 14.0. The molecule has 0 fully saturated rings. The molecule has 2 aromatic rings. The second kappa shape index (κ2) is 6.86. The van der Waals surface area contributed by atoms with Crippen LogP contribution >= 0.6 is 0 Å². The van der Waals surface area contributed by atoms with E-state index in [0.29, 0.717) is 31.0 Å². The van der Waals surface area contributed by atoms with Gasteiger partial charge in [0.25, 0.3) is 11.8 Å². The van der Waals surface area contributed by atoms with Crippen LogP contribution < -0.4 is 5.32 Å². The van der Waals surface area contributed by atoms with Gasteiger partial charge in [0.15, 0.2) is 5.69 Å². The Morgan fingerprint density at radius 1 is 1.25 bits per heavy atom. The Balaban J connectivity index is 1.81. The molecule has 6 heteroatoms. The van der Waals surface area contributed by atoms with Gasteiger partial charge in [-0.1, -0.05) is 30.3 Å². The standard InChI is InChI=1S/C18H22N4O2/c1-13(2)19-17(23)15-11-16-18(24)21(9-6-10-22(16)20-15)12-14-7-4-3-5-8-14/h3-5,7-8,11,13H,6,9-10,12H2,1-2H3,(H,19,23). The molecule has 126 valence electrons. The Morgan fingerprint density at radius 2 is 2.00 bits per heavy atom. The Labute approximate surface area is 141 Å². The number of hydrogen-bond acceptors (Lipinski definition) is 3. The van der Waals surface area contributed by atoms with E-state index >= 15 is 0 Å². The molecule has 1 aliphatic heterocycles. The number of benzene rings is 1. The quantitative estimate of drug-likeness (QED) is 0.935. The lowest BCUT2D eigenvalue weighted by atomic mass is 10.2. The van der Waals surface area contributed by atoms with Crippen molar-refractivity contribution in [3.8, 4) is 0 Å². The maximum atomic E-state index is 12.8. The molecule has 2 amide bonds. The summed E-state index contributed by atoms with van der Waals surface area (Å²) in [5, 5.41) is 7.12. The van der Waals surface area contributed by atoms with Crippen molar-refractivity contribution in [1.82, 2.24) is 20.0 Å². The average molecular weight is 326 g/mol. The van der Waals surface area contributed by atoms with Crippen molar-refractivity contribution in [1.29, 1.82) is 0 Å². The van der Waals surface area contributed by atoms with Crippen LogP contribution in [0.15, 0.2) is 36.4 Å². The fourth-order valence-corrected chi connectivity index (χ4v) is 2.84. The monoisotopic (exact) mass is 326 g/mol. The molecule has 6 nitrogen and oxygen atoms in total. The highest BCUT2D eigenvalue weighted by atomic mass is 16.2. The third-order valence-electron chi connectivity index (χ3n) is 3.95. The highest BCUT2D eigenvalue weighted by Crippen LogP contribution is 2.16. The molecule has 1 aromatic heterocycles. The van der Waals surface area contributed by atoms with Crippen molar-refractivity contribution in [2.75, 3.05) is 6.54 Å². The molecule has 1 aliphatic rings. The zero-order chi connectivity index (χ0) is 17.1. The fourth-order valence-electron chi connectivity index (χ4n) is 2.84. The Bertz CT molecular complexity index is 737. The number of hydrogen-bond donors (Lipinski definition) is 1. The maximum absolute atomic E-state index is 12.8. The number of carbonyl (C=O) groups is 2. The highest BCUT2D eigenvalue weighted by Gasteiger charge is 2.26. The van der Waals surface area contributed by atoms with Crippen molar-refractivity contribution in [3.05, 3.63) is 53.3 Å². The van der Waals surface area contributed by atoms with Crippen LogP contribution in [0.1, 0.15) is 46.8 Å². The third kappa shape index (κ3) is 3.48. The summed E-state index contributed by atoms with van der Waals surface area (Å²) in [6.07, 6.45) is 0.818. The lowest BCUT2D eigenvalue weighted by Gasteiger charge is -2.20. The summed E-state index contributed by atoms with van der Waals surface area (Å²) in [6.45, 7) is 5.68. The smallest absolute Gasteiger partial charge is 0.272 e. The second-order valence-corrected chi connectivity index (χ2v) is 6.33. The van der Waals surface area contributed by atoms with E-state index in [1.54, 1.807) is 10.7 Å². The van der Waals surface area contributed by atoms with Crippen LogP contribution in [0.5, 0.6) is 0 Å². The van der Waals surface area contributed by atoms with Crippen LogP contribution in [0.2, 0.25) is 0 Å². The molecule has 2 heterocycles. The number of nitrogens with zero attached hydrogens (tertiary/aromatic N) is 3. The minimum atomic E-state index is -0.243. The van der Waals surface area contributed by atoms with Gasteiger partial charge in [0.2, 0.25) is 0 Å². The van der Waals surface area contributed by atoms with Gasteiger partial charge in [0.05, 0.1) is 0 Å². The molecular weight excluding hydrogens is 304 g/mol. The zero-order valence-corrected chi connectivity index (χ0v) is 14.0. The van der Waals surface area contributed by atoms with Crippen LogP contribution in [0.3, 0.4) is 0 Å². The van der Waals surface area contributed by atoms with Gasteiger partial charge in [-0.15, -0.1) is 0 Å². The molecule has 0 saturated heterocycles. The summed E-state index contributed by atoms with van der Waals surface area (Å²) in [6, 6.07) is 11.6. The van der Waals surface area contributed by atoms with Gasteiger partial charge in [0, 0.05) is 31.7 Å². The Hall–Kier alpha value is -2.63. The molecule has 0 spiro atoms. The summed E-state index contributed by atoms with van der Waals surface area (Å²) in [5.74, 6) is -0.319. The maximum Gasteiger partial charge on any atom is 0.272 e. The van der Waals surface area contributed by atoms with E-state index in [2.05, 4.69) is 10.4 Å². The van der Waals surface area contributed by atoms with Gasteiger partial charge in [0.1, 0.15) is 5.69 Å². The molecule has 0 aliphatic carbocycles.